The molecule has 1 aliphatic rings. The molecule has 1 aromatic rings. The lowest BCUT2D eigenvalue weighted by molar-refractivity contribution is 0.0947. The van der Waals surface area contributed by atoms with E-state index in [4.69, 9.17) is 0 Å². The first-order valence-electron chi connectivity index (χ1n) is 5.92. The van der Waals surface area contributed by atoms with Gasteiger partial charge in [0.05, 0.1) is 0 Å². The molecule has 0 saturated carbocycles. The molecule has 3 nitrogen and oxygen atoms in total. The molecule has 100 valence electrons. The fourth-order valence-corrected chi connectivity index (χ4v) is 2.58. The van der Waals surface area contributed by atoms with Gasteiger partial charge in [0.2, 0.25) is 0 Å². The van der Waals surface area contributed by atoms with E-state index in [2.05, 4.69) is 26.6 Å². The second-order valence-corrected chi connectivity index (χ2v) is 5.44. The lowest BCUT2D eigenvalue weighted by atomic mass is 10.1. The van der Waals surface area contributed by atoms with Crippen molar-refractivity contribution in [1.29, 1.82) is 0 Å². The number of benzene rings is 1. The molecule has 1 saturated heterocycles. The predicted molar refractivity (Wildman–Crippen MR) is 79.4 cm³/mol. The van der Waals surface area contributed by atoms with Crippen molar-refractivity contribution in [3.8, 4) is 0 Å². The van der Waals surface area contributed by atoms with E-state index in [9.17, 15) is 4.79 Å². The van der Waals surface area contributed by atoms with E-state index < -0.39 is 0 Å². The zero-order valence-corrected chi connectivity index (χ0v) is 12.7. The van der Waals surface area contributed by atoms with E-state index in [1.54, 1.807) is 0 Å². The van der Waals surface area contributed by atoms with Gasteiger partial charge >= 0.3 is 0 Å². The van der Waals surface area contributed by atoms with Crippen LogP contribution in [0.25, 0.3) is 0 Å². The zero-order valence-electron chi connectivity index (χ0n) is 10.3. The van der Waals surface area contributed by atoms with Gasteiger partial charge in [0, 0.05) is 16.6 Å². The van der Waals surface area contributed by atoms with Gasteiger partial charge in [-0.1, -0.05) is 15.9 Å². The van der Waals surface area contributed by atoms with Crippen molar-refractivity contribution in [2.75, 3.05) is 19.6 Å². The summed E-state index contributed by atoms with van der Waals surface area (Å²) in [5, 5.41) is 6.30. The van der Waals surface area contributed by atoms with E-state index in [-0.39, 0.29) is 18.3 Å². The van der Waals surface area contributed by atoms with Crippen LogP contribution in [0.1, 0.15) is 22.3 Å². The second-order valence-electron chi connectivity index (χ2n) is 4.53. The molecule has 1 fully saturated rings. The molecule has 5 heteroatoms. The molecule has 2 rings (SSSR count). The van der Waals surface area contributed by atoms with Crippen molar-refractivity contribution in [1.82, 2.24) is 10.6 Å². The minimum Gasteiger partial charge on any atom is -0.352 e. The number of carbonyl (C=O) groups excluding carboxylic acids is 1. The number of hydrogen-bond donors (Lipinski definition) is 2. The monoisotopic (exact) mass is 332 g/mol. The average molecular weight is 334 g/mol. The zero-order chi connectivity index (χ0) is 12.3. The van der Waals surface area contributed by atoms with E-state index >= 15 is 0 Å². The molecule has 0 aromatic heterocycles. The van der Waals surface area contributed by atoms with Crippen molar-refractivity contribution in [3.63, 3.8) is 0 Å². The van der Waals surface area contributed by atoms with Crippen molar-refractivity contribution < 1.29 is 4.79 Å². The maximum absolute atomic E-state index is 12.0. The molecule has 1 unspecified atom stereocenters. The van der Waals surface area contributed by atoms with Crippen molar-refractivity contribution in [2.45, 2.75) is 13.3 Å². The fourth-order valence-electron chi connectivity index (χ4n) is 2.10. The minimum atomic E-state index is 0. The molecule has 0 spiro atoms. The number of hydrogen-bond acceptors (Lipinski definition) is 2. The van der Waals surface area contributed by atoms with Gasteiger partial charge in [-0.2, -0.15) is 0 Å². The van der Waals surface area contributed by atoms with E-state index in [1.165, 1.54) is 0 Å². The Bertz CT molecular complexity index is 419. The highest BCUT2D eigenvalue weighted by molar-refractivity contribution is 9.10. The number of amides is 1. The van der Waals surface area contributed by atoms with Gasteiger partial charge in [-0.15, -0.1) is 12.4 Å². The third-order valence-electron chi connectivity index (χ3n) is 3.15. The highest BCUT2D eigenvalue weighted by atomic mass is 79.9. The number of nitrogens with one attached hydrogen (secondary N) is 2. The van der Waals surface area contributed by atoms with Crippen molar-refractivity contribution >= 4 is 34.2 Å². The average Bonchev–Trinajstić information content (AvgIpc) is 2.78. The summed E-state index contributed by atoms with van der Waals surface area (Å²) in [7, 11) is 0. The Morgan fingerprint density at radius 3 is 2.94 bits per heavy atom. The lowest BCUT2D eigenvalue weighted by Gasteiger charge is -2.11. The SMILES string of the molecule is Cc1cc(Br)ccc1C(=O)NCC1CCNC1.Cl. The summed E-state index contributed by atoms with van der Waals surface area (Å²) in [6.07, 6.45) is 1.15. The predicted octanol–water partition coefficient (Wildman–Crippen LogP) is 2.52. The molecular formula is C13H18BrClN2O. The minimum absolute atomic E-state index is 0. The molecule has 0 bridgehead atoms. The summed E-state index contributed by atoms with van der Waals surface area (Å²) >= 11 is 3.40. The first kappa shape index (κ1) is 15.5. The van der Waals surface area contributed by atoms with Gasteiger partial charge < -0.3 is 10.6 Å². The Hall–Kier alpha value is -0.580. The Labute approximate surface area is 122 Å². The molecule has 1 amide bonds. The summed E-state index contributed by atoms with van der Waals surface area (Å²) < 4.78 is 1.01. The highest BCUT2D eigenvalue weighted by Crippen LogP contribution is 2.16. The topological polar surface area (TPSA) is 41.1 Å². The summed E-state index contributed by atoms with van der Waals surface area (Å²) in [5.41, 5.74) is 1.76. The van der Waals surface area contributed by atoms with Crippen molar-refractivity contribution in [2.24, 2.45) is 5.92 Å². The first-order valence-corrected chi connectivity index (χ1v) is 6.71. The molecule has 1 heterocycles. The maximum atomic E-state index is 12.0. The van der Waals surface area contributed by atoms with Crippen LogP contribution in [0, 0.1) is 12.8 Å². The van der Waals surface area contributed by atoms with E-state index in [0.29, 0.717) is 5.92 Å². The third-order valence-corrected chi connectivity index (χ3v) is 3.64. The maximum Gasteiger partial charge on any atom is 0.251 e. The van der Waals surface area contributed by atoms with Crippen LogP contribution in [0.5, 0.6) is 0 Å². The number of halogens is 2. The summed E-state index contributed by atoms with van der Waals surface area (Å²) in [6, 6.07) is 5.73. The van der Waals surface area contributed by atoms with Crippen LogP contribution in [-0.4, -0.2) is 25.5 Å². The lowest BCUT2D eigenvalue weighted by Crippen LogP contribution is -2.30. The fraction of sp³-hybridized carbons (Fsp3) is 0.462. The molecule has 2 N–H and O–H groups in total. The number of carbonyl (C=O) groups is 1. The third kappa shape index (κ3) is 3.97. The van der Waals surface area contributed by atoms with E-state index in [0.717, 1.165) is 41.7 Å². The highest BCUT2D eigenvalue weighted by Gasteiger charge is 2.16. The summed E-state index contributed by atoms with van der Waals surface area (Å²) in [4.78, 5) is 12.0. The Balaban J connectivity index is 0.00000162. The molecular weight excluding hydrogens is 316 g/mol. The van der Waals surface area contributed by atoms with Crippen LogP contribution in [0.4, 0.5) is 0 Å². The number of rotatable bonds is 3. The number of aryl methyl sites for hydroxylation is 1. The van der Waals surface area contributed by atoms with Gasteiger partial charge in [-0.3, -0.25) is 4.79 Å². The van der Waals surface area contributed by atoms with Gasteiger partial charge in [-0.05, 0) is 56.1 Å². The first-order chi connectivity index (χ1) is 8.16. The van der Waals surface area contributed by atoms with Gasteiger partial charge in [0.15, 0.2) is 0 Å². The molecule has 1 atom stereocenters. The van der Waals surface area contributed by atoms with Gasteiger partial charge in [-0.25, -0.2) is 0 Å². The summed E-state index contributed by atoms with van der Waals surface area (Å²) in [5.74, 6) is 0.608. The standard InChI is InChI=1S/C13H17BrN2O.ClH/c1-9-6-11(14)2-3-12(9)13(17)16-8-10-4-5-15-7-10;/h2-3,6,10,15H,4-5,7-8H2,1H3,(H,16,17);1H. The molecule has 1 aromatic carbocycles. The van der Waals surface area contributed by atoms with Crippen molar-refractivity contribution in [3.05, 3.63) is 33.8 Å². The quantitative estimate of drug-likeness (QED) is 0.892. The second kappa shape index (κ2) is 7.12. The van der Waals surface area contributed by atoms with Gasteiger partial charge in [0.1, 0.15) is 0 Å². The smallest absolute Gasteiger partial charge is 0.251 e. The Morgan fingerprint density at radius 2 is 2.33 bits per heavy atom. The van der Waals surface area contributed by atoms with Crippen LogP contribution >= 0.6 is 28.3 Å². The normalized spacial score (nSPS) is 18.2. The summed E-state index contributed by atoms with van der Waals surface area (Å²) in [6.45, 7) is 4.80. The van der Waals surface area contributed by atoms with Crippen LogP contribution in [0.3, 0.4) is 0 Å². The molecule has 18 heavy (non-hydrogen) atoms. The molecule has 1 aliphatic heterocycles. The van der Waals surface area contributed by atoms with Crippen LogP contribution in [0.15, 0.2) is 22.7 Å². The Kier molecular flexibility index (Phi) is 6.12. The van der Waals surface area contributed by atoms with Crippen LogP contribution in [0.2, 0.25) is 0 Å². The molecule has 0 aliphatic carbocycles. The largest absolute Gasteiger partial charge is 0.352 e. The van der Waals surface area contributed by atoms with Crippen LogP contribution < -0.4 is 10.6 Å². The van der Waals surface area contributed by atoms with E-state index in [1.807, 2.05) is 25.1 Å². The van der Waals surface area contributed by atoms with Gasteiger partial charge in [0.25, 0.3) is 5.91 Å². The Morgan fingerprint density at radius 1 is 1.56 bits per heavy atom. The molecule has 0 radical (unpaired) electrons. The van der Waals surface area contributed by atoms with Crippen LogP contribution in [-0.2, 0) is 0 Å².